The van der Waals surface area contributed by atoms with E-state index in [0.717, 1.165) is 42.6 Å². The van der Waals surface area contributed by atoms with Gasteiger partial charge in [0.2, 0.25) is 0 Å². The van der Waals surface area contributed by atoms with Crippen molar-refractivity contribution in [2.75, 3.05) is 0 Å². The summed E-state index contributed by atoms with van der Waals surface area (Å²) in [7, 11) is 0. The van der Waals surface area contributed by atoms with Gasteiger partial charge < -0.3 is 0 Å². The minimum Gasteiger partial charge on any atom is -0.204 e. The molecule has 1 aliphatic carbocycles. The van der Waals surface area contributed by atoms with E-state index in [1.165, 1.54) is 63.5 Å². The lowest BCUT2D eigenvalue weighted by atomic mass is 9.72. The van der Waals surface area contributed by atoms with Gasteiger partial charge in [-0.3, -0.25) is 0 Å². The summed E-state index contributed by atoms with van der Waals surface area (Å²) in [6.45, 7) is 6.11. The van der Waals surface area contributed by atoms with Crippen LogP contribution in [0.15, 0.2) is 30.9 Å². The number of benzene rings is 1. The third-order valence-corrected chi connectivity index (χ3v) is 6.02. The van der Waals surface area contributed by atoms with E-state index in [1.807, 2.05) is 6.08 Å². The molecule has 1 atom stereocenters. The van der Waals surface area contributed by atoms with Crippen LogP contribution in [0.1, 0.15) is 76.7 Å². The van der Waals surface area contributed by atoms with Crippen molar-refractivity contribution in [1.82, 2.24) is 0 Å². The molecule has 140 valence electrons. The Labute approximate surface area is 152 Å². The van der Waals surface area contributed by atoms with Gasteiger partial charge >= 0.3 is 0 Å². The van der Waals surface area contributed by atoms with E-state index in [4.69, 9.17) is 0 Å². The number of rotatable bonds is 10. The Morgan fingerprint density at radius 2 is 1.88 bits per heavy atom. The third-order valence-electron chi connectivity index (χ3n) is 6.02. The van der Waals surface area contributed by atoms with Crippen LogP contribution in [0.25, 0.3) is 0 Å². The fourth-order valence-corrected chi connectivity index (χ4v) is 4.55. The highest BCUT2D eigenvalue weighted by atomic mass is 19.2. The second-order valence-corrected chi connectivity index (χ2v) is 7.84. The van der Waals surface area contributed by atoms with Gasteiger partial charge in [-0.2, -0.15) is 0 Å². The maximum atomic E-state index is 13.3. The Kier molecular flexibility index (Phi) is 8.64. The van der Waals surface area contributed by atoms with Gasteiger partial charge in [0.25, 0.3) is 0 Å². The van der Waals surface area contributed by atoms with E-state index >= 15 is 0 Å². The smallest absolute Gasteiger partial charge is 0.159 e. The second kappa shape index (κ2) is 10.7. The second-order valence-electron chi connectivity index (χ2n) is 7.84. The average Bonchev–Trinajstić information content (AvgIpc) is 2.63. The van der Waals surface area contributed by atoms with E-state index in [-0.39, 0.29) is 0 Å². The molecule has 0 radical (unpaired) electrons. The normalized spacial score (nSPS) is 21.9. The van der Waals surface area contributed by atoms with Gasteiger partial charge in [0.1, 0.15) is 0 Å². The van der Waals surface area contributed by atoms with E-state index in [0.29, 0.717) is 0 Å². The molecule has 1 aromatic rings. The Hall–Kier alpha value is -1.18. The molecular formula is C23H34F2. The van der Waals surface area contributed by atoms with Gasteiger partial charge in [0, 0.05) is 0 Å². The van der Waals surface area contributed by atoms with E-state index in [9.17, 15) is 8.78 Å². The maximum absolute atomic E-state index is 13.3. The molecule has 1 aliphatic rings. The first kappa shape index (κ1) is 20.1. The summed E-state index contributed by atoms with van der Waals surface area (Å²) in [6.07, 6.45) is 15.7. The highest BCUT2D eigenvalue weighted by molar-refractivity contribution is 5.17. The summed E-state index contributed by atoms with van der Waals surface area (Å²) in [5.41, 5.74) is 0.919. The first-order chi connectivity index (χ1) is 12.1. The highest BCUT2D eigenvalue weighted by Gasteiger charge is 2.26. The lowest BCUT2D eigenvalue weighted by Crippen LogP contribution is -2.22. The molecule has 0 spiro atoms. The molecule has 1 aromatic carbocycles. The van der Waals surface area contributed by atoms with Crippen molar-refractivity contribution in [2.24, 2.45) is 17.8 Å². The van der Waals surface area contributed by atoms with Crippen LogP contribution in [0.2, 0.25) is 0 Å². The lowest BCUT2D eigenvalue weighted by molar-refractivity contribution is 0.180. The van der Waals surface area contributed by atoms with Crippen LogP contribution in [0.5, 0.6) is 0 Å². The van der Waals surface area contributed by atoms with Gasteiger partial charge in [-0.05, 0) is 80.4 Å². The molecule has 2 rings (SSSR count). The number of aryl methyl sites for hydroxylation is 1. The van der Waals surface area contributed by atoms with Crippen molar-refractivity contribution in [1.29, 1.82) is 0 Å². The standard InChI is InChI=1S/C23H34F2/c1-3-5-8-18-11-14-21(15-12-18)20(7-4-2)10-6-9-19-13-16-22(24)23(25)17-19/h3,13,16-18,20-21H,1,4-12,14-15H2,2H3. The number of hydrogen-bond donors (Lipinski definition) is 0. The fourth-order valence-electron chi connectivity index (χ4n) is 4.55. The molecule has 0 aromatic heterocycles. The van der Waals surface area contributed by atoms with Crippen molar-refractivity contribution < 1.29 is 8.78 Å². The number of allylic oxidation sites excluding steroid dienone is 1. The molecule has 0 nitrogen and oxygen atoms in total. The van der Waals surface area contributed by atoms with Crippen LogP contribution in [0.3, 0.4) is 0 Å². The summed E-state index contributed by atoms with van der Waals surface area (Å²) < 4.78 is 26.3. The van der Waals surface area contributed by atoms with Crippen molar-refractivity contribution in [3.8, 4) is 0 Å². The van der Waals surface area contributed by atoms with Crippen LogP contribution < -0.4 is 0 Å². The van der Waals surface area contributed by atoms with Gasteiger partial charge in [-0.1, -0.05) is 44.7 Å². The molecule has 0 aliphatic heterocycles. The first-order valence-electron chi connectivity index (χ1n) is 10.2. The molecule has 1 fully saturated rings. The fraction of sp³-hybridized carbons (Fsp3) is 0.652. The largest absolute Gasteiger partial charge is 0.204 e. The minimum absolute atomic E-state index is 0.722. The van der Waals surface area contributed by atoms with Crippen LogP contribution >= 0.6 is 0 Å². The van der Waals surface area contributed by atoms with Crippen molar-refractivity contribution in [3.05, 3.63) is 48.1 Å². The van der Waals surface area contributed by atoms with Gasteiger partial charge in [0.15, 0.2) is 11.6 Å². The molecule has 0 saturated heterocycles. The molecule has 2 heteroatoms. The summed E-state index contributed by atoms with van der Waals surface area (Å²) in [5, 5.41) is 0. The third kappa shape index (κ3) is 6.56. The van der Waals surface area contributed by atoms with Gasteiger partial charge in [0.05, 0.1) is 0 Å². The van der Waals surface area contributed by atoms with E-state index in [2.05, 4.69) is 13.5 Å². The Morgan fingerprint density at radius 1 is 1.12 bits per heavy atom. The predicted octanol–water partition coefficient (Wildman–Crippen LogP) is 7.48. The summed E-state index contributed by atoms with van der Waals surface area (Å²) in [5.74, 6) is 1.10. The van der Waals surface area contributed by atoms with Crippen molar-refractivity contribution in [2.45, 2.75) is 77.6 Å². The number of halogens is 2. The zero-order chi connectivity index (χ0) is 18.1. The van der Waals surface area contributed by atoms with E-state index < -0.39 is 11.6 Å². The monoisotopic (exact) mass is 348 g/mol. The molecule has 1 unspecified atom stereocenters. The predicted molar refractivity (Wildman–Crippen MR) is 103 cm³/mol. The molecule has 0 amide bonds. The maximum Gasteiger partial charge on any atom is 0.159 e. The molecule has 0 heterocycles. The van der Waals surface area contributed by atoms with Crippen molar-refractivity contribution in [3.63, 3.8) is 0 Å². The topological polar surface area (TPSA) is 0 Å². The molecule has 0 N–H and O–H groups in total. The molecular weight excluding hydrogens is 314 g/mol. The van der Waals surface area contributed by atoms with Crippen LogP contribution in [0.4, 0.5) is 8.78 Å². The molecule has 0 bridgehead atoms. The average molecular weight is 349 g/mol. The lowest BCUT2D eigenvalue weighted by Gasteiger charge is -2.34. The van der Waals surface area contributed by atoms with Gasteiger partial charge in [-0.25, -0.2) is 8.78 Å². The zero-order valence-corrected chi connectivity index (χ0v) is 15.8. The minimum atomic E-state index is -0.749. The quantitative estimate of drug-likeness (QED) is 0.384. The Balaban J connectivity index is 1.78. The van der Waals surface area contributed by atoms with Crippen LogP contribution in [-0.4, -0.2) is 0 Å². The zero-order valence-electron chi connectivity index (χ0n) is 15.8. The Bertz CT molecular complexity index is 515. The molecule has 25 heavy (non-hydrogen) atoms. The number of hydrogen-bond acceptors (Lipinski definition) is 0. The Morgan fingerprint density at radius 3 is 2.52 bits per heavy atom. The van der Waals surface area contributed by atoms with Crippen molar-refractivity contribution >= 4 is 0 Å². The van der Waals surface area contributed by atoms with Crippen LogP contribution in [0, 0.1) is 29.4 Å². The van der Waals surface area contributed by atoms with Gasteiger partial charge in [-0.15, -0.1) is 6.58 Å². The highest BCUT2D eigenvalue weighted by Crippen LogP contribution is 2.39. The van der Waals surface area contributed by atoms with Crippen LogP contribution in [-0.2, 0) is 6.42 Å². The molecule has 1 saturated carbocycles. The first-order valence-corrected chi connectivity index (χ1v) is 10.2. The summed E-state index contributed by atoms with van der Waals surface area (Å²) in [4.78, 5) is 0. The summed E-state index contributed by atoms with van der Waals surface area (Å²) in [6, 6.07) is 4.33. The summed E-state index contributed by atoms with van der Waals surface area (Å²) >= 11 is 0. The van der Waals surface area contributed by atoms with E-state index in [1.54, 1.807) is 6.07 Å². The SMILES string of the molecule is C=CCCC1CCC(C(CCC)CCCc2ccc(F)c(F)c2)CC1.